The van der Waals surface area contributed by atoms with Gasteiger partial charge in [-0.2, -0.15) is 0 Å². The zero-order valence-corrected chi connectivity index (χ0v) is 8.99. The molecule has 1 heteroatoms. The molecule has 0 aliphatic carbocycles. The van der Waals surface area contributed by atoms with Gasteiger partial charge in [-0.05, 0) is 17.5 Å². The Labute approximate surface area is 105 Å². The maximum Gasteiger partial charge on any atom is 0.138 e. The van der Waals surface area contributed by atoms with Crippen LogP contribution in [0, 0.1) is 0 Å². The molecule has 0 amide bonds. The molecule has 0 spiro atoms. The van der Waals surface area contributed by atoms with Crippen LogP contribution in [0.2, 0.25) is 0 Å². The molecule has 0 bridgehead atoms. The van der Waals surface area contributed by atoms with Gasteiger partial charge in [0, 0.05) is 10.8 Å². The van der Waals surface area contributed by atoms with E-state index in [1.54, 1.807) is 0 Å². The van der Waals surface area contributed by atoms with Crippen LogP contribution in [0.5, 0.6) is 0 Å². The smallest absolute Gasteiger partial charge is 0.138 e. The first-order chi connectivity index (χ1) is 10.7. The van der Waals surface area contributed by atoms with E-state index in [0.717, 1.165) is 0 Å². The summed E-state index contributed by atoms with van der Waals surface area (Å²) in [7, 11) is 0. The predicted molar refractivity (Wildman–Crippen MR) is 67.8 cm³/mol. The molecule has 0 aliphatic heterocycles. The third-order valence-corrected chi connectivity index (χ3v) is 2.54. The monoisotopic (exact) mass is 217 g/mol. The van der Waals surface area contributed by atoms with E-state index in [1.165, 1.54) is 0 Å². The normalized spacial score (nSPS) is 17.8. The zero-order valence-electron chi connectivity index (χ0n) is 16.0. The van der Waals surface area contributed by atoms with Gasteiger partial charge < -0.3 is 4.42 Å². The number of benzene rings is 2. The highest BCUT2D eigenvalue weighted by Crippen LogP contribution is 2.33. The molecule has 0 saturated heterocycles. The van der Waals surface area contributed by atoms with E-state index in [1.807, 2.05) is 13.8 Å². The third kappa shape index (κ3) is 1.25. The lowest BCUT2D eigenvalue weighted by molar-refractivity contribution is 0.657. The van der Waals surface area contributed by atoms with E-state index in [4.69, 9.17) is 14.0 Å². The second-order valence-corrected chi connectivity index (χ2v) is 3.95. The fourth-order valence-electron chi connectivity index (χ4n) is 1.75. The van der Waals surface area contributed by atoms with Crippen LogP contribution in [-0.4, -0.2) is 0 Å². The second-order valence-electron chi connectivity index (χ2n) is 3.95. The molecular weight excluding hydrogens is 196 g/mol. The molecule has 0 N–H and O–H groups in total. The molecule has 1 nitrogen and oxygen atoms in total. The van der Waals surface area contributed by atoms with Gasteiger partial charge in [-0.25, -0.2) is 0 Å². The topological polar surface area (TPSA) is 13.1 Å². The van der Waals surface area contributed by atoms with Gasteiger partial charge >= 0.3 is 0 Å². The van der Waals surface area contributed by atoms with E-state index in [2.05, 4.69) is 0 Å². The van der Waals surface area contributed by atoms with Crippen molar-refractivity contribution in [2.75, 3.05) is 0 Å². The first-order valence-electron chi connectivity index (χ1n) is 8.60. The van der Waals surface area contributed by atoms with Crippen molar-refractivity contribution in [2.24, 2.45) is 0 Å². The van der Waals surface area contributed by atoms with E-state index < -0.39 is 12.1 Å². The maximum atomic E-state index is 8.14. The lowest BCUT2D eigenvalue weighted by Gasteiger charge is -2.04. The van der Waals surface area contributed by atoms with E-state index >= 15 is 0 Å². The third-order valence-electron chi connectivity index (χ3n) is 2.54. The van der Waals surface area contributed by atoms with Gasteiger partial charge in [0.2, 0.25) is 0 Å². The van der Waals surface area contributed by atoms with Gasteiger partial charge in [0.1, 0.15) is 11.2 Å². The summed E-state index contributed by atoms with van der Waals surface area (Å²) < 4.78 is 61.5. The van der Waals surface area contributed by atoms with Crippen LogP contribution in [0.3, 0.4) is 0 Å². The fraction of sp³-hybridized carbons (Fsp3) is 0.200. The molecule has 0 fully saturated rings. The van der Waals surface area contributed by atoms with Gasteiger partial charge in [-0.15, -0.1) is 0 Å². The van der Waals surface area contributed by atoms with Gasteiger partial charge in [0.05, 0.1) is 9.60 Å². The lowest BCUT2D eigenvalue weighted by Crippen LogP contribution is -1.86. The van der Waals surface area contributed by atoms with Crippen LogP contribution in [0.1, 0.15) is 34.9 Å². The number of hydrogen-bond acceptors (Lipinski definition) is 1. The van der Waals surface area contributed by atoms with Gasteiger partial charge in [-0.1, -0.05) is 50.1 Å². The van der Waals surface area contributed by atoms with Crippen molar-refractivity contribution in [1.82, 2.24) is 0 Å². The first kappa shape index (κ1) is 4.62. The van der Waals surface area contributed by atoms with Crippen LogP contribution in [0.15, 0.2) is 46.7 Å². The Kier molecular flexibility index (Phi) is 0.975. The standard InChI is InChI=1S/C15H14O/c1-10(2)11-7-5-8-13-12-6-3-4-9-14(12)16-15(11)13/h3-10H,1-2H3/i3D,4D,5D,6D,7D,8D,9D. The molecule has 3 rings (SSSR count). The molecule has 1 heterocycles. The molecule has 16 heavy (non-hydrogen) atoms. The highest BCUT2D eigenvalue weighted by Gasteiger charge is 2.11. The molecular formula is C15H14O. The van der Waals surface area contributed by atoms with Crippen LogP contribution in [0.4, 0.5) is 0 Å². The summed E-state index contributed by atoms with van der Waals surface area (Å²) in [6.45, 7) is 3.66. The van der Waals surface area contributed by atoms with Crippen LogP contribution >= 0.6 is 0 Å². The quantitative estimate of drug-likeness (QED) is 0.575. The van der Waals surface area contributed by atoms with Crippen molar-refractivity contribution in [3.8, 4) is 0 Å². The van der Waals surface area contributed by atoms with Gasteiger partial charge in [0.25, 0.3) is 0 Å². The second kappa shape index (κ2) is 3.38. The summed E-state index contributed by atoms with van der Waals surface area (Å²) in [5.41, 5.74) is 0.605. The first-order valence-corrected chi connectivity index (χ1v) is 5.10. The SMILES string of the molecule is [2H]c1c([2H])c([2H])c2c(oc3c(C(C)C)c([2H])c([2H])c([2H])c32)c1[2H]. The number of rotatable bonds is 1. The predicted octanol–water partition coefficient (Wildman–Crippen LogP) is 4.71. The fourth-order valence-corrected chi connectivity index (χ4v) is 1.75. The minimum Gasteiger partial charge on any atom is -0.456 e. The van der Waals surface area contributed by atoms with Crippen LogP contribution in [0.25, 0.3) is 21.9 Å². The average molecular weight is 217 g/mol. The van der Waals surface area contributed by atoms with E-state index in [-0.39, 0.29) is 58.1 Å². The van der Waals surface area contributed by atoms with E-state index in [9.17, 15) is 0 Å². The minimum absolute atomic E-state index is 0.0357. The molecule has 3 aromatic rings. The molecule has 0 radical (unpaired) electrons. The molecule has 2 aromatic carbocycles. The molecule has 0 saturated carbocycles. The van der Waals surface area contributed by atoms with Crippen LogP contribution < -0.4 is 0 Å². The van der Waals surface area contributed by atoms with Crippen molar-refractivity contribution < 1.29 is 14.0 Å². The summed E-state index contributed by atoms with van der Waals surface area (Å²) in [6.07, 6.45) is 0. The Bertz CT molecular complexity index is 972. The number of furan rings is 1. The Morgan fingerprint density at radius 3 is 2.56 bits per heavy atom. The summed E-state index contributed by atoms with van der Waals surface area (Å²) >= 11 is 0. The Hall–Kier alpha value is -1.76. The minimum atomic E-state index is -0.406. The van der Waals surface area contributed by atoms with Crippen molar-refractivity contribution in [2.45, 2.75) is 19.8 Å². The molecule has 0 atom stereocenters. The van der Waals surface area contributed by atoms with Crippen molar-refractivity contribution >= 4 is 21.9 Å². The Morgan fingerprint density at radius 1 is 1.00 bits per heavy atom. The maximum absolute atomic E-state index is 8.14. The highest BCUT2D eigenvalue weighted by atomic mass is 16.3. The summed E-state index contributed by atoms with van der Waals surface area (Å²) in [4.78, 5) is 0. The zero-order chi connectivity index (χ0) is 17.2. The Morgan fingerprint density at radius 2 is 1.75 bits per heavy atom. The van der Waals surface area contributed by atoms with Crippen molar-refractivity contribution in [3.63, 3.8) is 0 Å². The van der Waals surface area contributed by atoms with Gasteiger partial charge in [0.15, 0.2) is 0 Å². The summed E-state index contributed by atoms with van der Waals surface area (Å²) in [5, 5.41) is 0.281. The summed E-state index contributed by atoms with van der Waals surface area (Å²) in [6, 6.07) is -2.04. The largest absolute Gasteiger partial charge is 0.456 e. The molecule has 80 valence electrons. The summed E-state index contributed by atoms with van der Waals surface area (Å²) in [5.74, 6) is -0.149. The van der Waals surface area contributed by atoms with Crippen molar-refractivity contribution in [3.05, 3.63) is 47.9 Å². The Balaban J connectivity index is 2.72. The highest BCUT2D eigenvalue weighted by molar-refractivity contribution is 6.05. The molecule has 1 aromatic heterocycles. The number of fused-ring (bicyclic) bond motifs is 3. The van der Waals surface area contributed by atoms with E-state index in [0.29, 0.717) is 5.56 Å². The molecule has 0 unspecified atom stereocenters. The van der Waals surface area contributed by atoms with Gasteiger partial charge in [-0.3, -0.25) is 0 Å². The van der Waals surface area contributed by atoms with Crippen molar-refractivity contribution in [1.29, 1.82) is 0 Å². The lowest BCUT2D eigenvalue weighted by atomic mass is 10.0. The average Bonchev–Trinajstić information content (AvgIpc) is 2.88. The number of hydrogen-bond donors (Lipinski definition) is 0. The van der Waals surface area contributed by atoms with Crippen LogP contribution in [-0.2, 0) is 0 Å². The number of para-hydroxylation sites is 2. The molecule has 0 aliphatic rings.